The van der Waals surface area contributed by atoms with E-state index in [1.54, 1.807) is 19.1 Å². The van der Waals surface area contributed by atoms with Crippen molar-refractivity contribution < 1.29 is 9.90 Å². The molecule has 0 amide bonds. The summed E-state index contributed by atoms with van der Waals surface area (Å²) in [7, 11) is 0. The summed E-state index contributed by atoms with van der Waals surface area (Å²) in [6.07, 6.45) is 0. The van der Waals surface area contributed by atoms with Crippen molar-refractivity contribution in [3.63, 3.8) is 0 Å². The van der Waals surface area contributed by atoms with E-state index in [2.05, 4.69) is 38.5 Å². The van der Waals surface area contributed by atoms with Gasteiger partial charge in [-0.05, 0) is 63.1 Å². The molecule has 0 heterocycles. The van der Waals surface area contributed by atoms with Crippen molar-refractivity contribution in [3.05, 3.63) is 31.3 Å². The van der Waals surface area contributed by atoms with Crippen LogP contribution in [0.3, 0.4) is 0 Å². The number of carboxylic acids is 1. The molecule has 0 unspecified atom stereocenters. The van der Waals surface area contributed by atoms with Gasteiger partial charge in [0.1, 0.15) is 0 Å². The van der Waals surface area contributed by atoms with Crippen molar-refractivity contribution in [2.24, 2.45) is 0 Å². The Morgan fingerprint density at radius 1 is 1.58 bits per heavy atom. The molecule has 1 rings (SSSR count). The summed E-state index contributed by atoms with van der Waals surface area (Å²) < 4.78 is 1.89. The van der Waals surface area contributed by atoms with E-state index in [0.717, 1.165) is 13.6 Å². The van der Waals surface area contributed by atoms with Gasteiger partial charge in [0.25, 0.3) is 0 Å². The maximum Gasteiger partial charge on any atom is 0.335 e. The zero-order valence-corrected chi connectivity index (χ0v) is 10.0. The Kier molecular flexibility index (Phi) is 3.11. The summed E-state index contributed by atoms with van der Waals surface area (Å²) in [6.45, 7) is 1.79. The lowest BCUT2D eigenvalue weighted by Gasteiger charge is -2.04. The first kappa shape index (κ1) is 9.98. The van der Waals surface area contributed by atoms with E-state index in [0.29, 0.717) is 5.56 Å². The van der Waals surface area contributed by atoms with Crippen LogP contribution in [0.25, 0.3) is 0 Å². The van der Waals surface area contributed by atoms with Crippen molar-refractivity contribution in [2.75, 3.05) is 0 Å². The molecule has 0 saturated carbocycles. The second kappa shape index (κ2) is 3.74. The zero-order valence-electron chi connectivity index (χ0n) is 6.27. The second-order valence-corrected chi connectivity index (χ2v) is 4.29. The summed E-state index contributed by atoms with van der Waals surface area (Å²) >= 11 is 5.48. The van der Waals surface area contributed by atoms with Crippen molar-refractivity contribution in [3.8, 4) is 0 Å². The minimum Gasteiger partial charge on any atom is -0.478 e. The molecule has 1 aromatic rings. The molecule has 0 saturated heterocycles. The van der Waals surface area contributed by atoms with Crippen molar-refractivity contribution in [2.45, 2.75) is 6.92 Å². The van der Waals surface area contributed by atoms with Crippen LogP contribution in [-0.4, -0.2) is 11.1 Å². The van der Waals surface area contributed by atoms with E-state index < -0.39 is 5.97 Å². The first-order chi connectivity index (χ1) is 5.54. The molecule has 0 aromatic heterocycles. The lowest BCUT2D eigenvalue weighted by atomic mass is 10.1. The van der Waals surface area contributed by atoms with Crippen LogP contribution >= 0.6 is 38.5 Å². The fraction of sp³-hybridized carbons (Fsp3) is 0.125. The predicted molar refractivity (Wildman–Crippen MR) is 58.6 cm³/mol. The Balaban J connectivity index is 3.36. The standard InChI is InChI=1S/C8H6BrIO2/c1-4-5(8(11)12)2-3-6(10)7(4)9/h2-3H,1H3,(H,11,12). The molecule has 0 radical (unpaired) electrons. The largest absolute Gasteiger partial charge is 0.478 e. The highest BCUT2D eigenvalue weighted by Gasteiger charge is 2.10. The van der Waals surface area contributed by atoms with Gasteiger partial charge in [0.05, 0.1) is 5.56 Å². The van der Waals surface area contributed by atoms with E-state index in [9.17, 15) is 4.79 Å². The predicted octanol–water partition coefficient (Wildman–Crippen LogP) is 3.06. The van der Waals surface area contributed by atoms with Crippen LogP contribution < -0.4 is 0 Å². The zero-order chi connectivity index (χ0) is 9.30. The molecule has 0 atom stereocenters. The highest BCUT2D eigenvalue weighted by Crippen LogP contribution is 2.25. The van der Waals surface area contributed by atoms with Gasteiger partial charge in [0.15, 0.2) is 0 Å². The number of hydrogen-bond donors (Lipinski definition) is 1. The average molecular weight is 341 g/mol. The van der Waals surface area contributed by atoms with Gasteiger partial charge in [-0.15, -0.1) is 0 Å². The molecule has 0 spiro atoms. The highest BCUT2D eigenvalue weighted by molar-refractivity contribution is 14.1. The fourth-order valence-corrected chi connectivity index (χ4v) is 1.81. The van der Waals surface area contributed by atoms with Gasteiger partial charge in [-0.25, -0.2) is 4.79 Å². The van der Waals surface area contributed by atoms with Crippen LogP contribution in [0.1, 0.15) is 15.9 Å². The summed E-state index contributed by atoms with van der Waals surface area (Å²) in [5.41, 5.74) is 1.12. The second-order valence-electron chi connectivity index (χ2n) is 2.34. The van der Waals surface area contributed by atoms with Crippen LogP contribution in [0.4, 0.5) is 0 Å². The molecule has 0 bridgehead atoms. The Hall–Kier alpha value is -0.100. The van der Waals surface area contributed by atoms with Gasteiger partial charge < -0.3 is 5.11 Å². The van der Waals surface area contributed by atoms with Crippen molar-refractivity contribution >= 4 is 44.5 Å². The van der Waals surface area contributed by atoms with Crippen molar-refractivity contribution in [1.82, 2.24) is 0 Å². The first-order valence-electron chi connectivity index (χ1n) is 3.22. The quantitative estimate of drug-likeness (QED) is 0.798. The van der Waals surface area contributed by atoms with Crippen LogP contribution in [0.15, 0.2) is 16.6 Å². The maximum atomic E-state index is 10.7. The van der Waals surface area contributed by atoms with Gasteiger partial charge >= 0.3 is 5.97 Å². The van der Waals surface area contributed by atoms with Crippen LogP contribution in [0, 0.1) is 10.5 Å². The molecule has 64 valence electrons. The summed E-state index contributed by atoms with van der Waals surface area (Å²) in [5, 5.41) is 8.76. The molecular weight excluding hydrogens is 335 g/mol. The topological polar surface area (TPSA) is 37.3 Å². The Morgan fingerprint density at radius 3 is 2.67 bits per heavy atom. The Bertz CT molecular complexity index is 336. The van der Waals surface area contributed by atoms with Gasteiger partial charge in [0, 0.05) is 8.04 Å². The average Bonchev–Trinajstić information content (AvgIpc) is 2.00. The van der Waals surface area contributed by atoms with E-state index >= 15 is 0 Å². The Labute approximate surface area is 92.2 Å². The van der Waals surface area contributed by atoms with Crippen LogP contribution in [-0.2, 0) is 0 Å². The molecule has 1 aromatic carbocycles. The minimum atomic E-state index is -0.885. The lowest BCUT2D eigenvalue weighted by Crippen LogP contribution is -2.00. The summed E-state index contributed by atoms with van der Waals surface area (Å²) in [5.74, 6) is -0.885. The number of rotatable bonds is 1. The smallest absolute Gasteiger partial charge is 0.335 e. The molecule has 1 N–H and O–H groups in total. The summed E-state index contributed by atoms with van der Waals surface area (Å²) in [6, 6.07) is 3.39. The SMILES string of the molecule is Cc1c(C(=O)O)ccc(I)c1Br. The molecule has 0 fully saturated rings. The molecular formula is C8H6BrIO2. The maximum absolute atomic E-state index is 10.7. The number of hydrogen-bond acceptors (Lipinski definition) is 1. The molecule has 0 aliphatic heterocycles. The van der Waals surface area contributed by atoms with Gasteiger partial charge in [0.2, 0.25) is 0 Å². The molecule has 0 aliphatic carbocycles. The van der Waals surface area contributed by atoms with Crippen LogP contribution in [0.2, 0.25) is 0 Å². The van der Waals surface area contributed by atoms with E-state index in [1.165, 1.54) is 0 Å². The number of benzene rings is 1. The lowest BCUT2D eigenvalue weighted by molar-refractivity contribution is 0.0696. The number of aromatic carboxylic acids is 1. The van der Waals surface area contributed by atoms with Crippen LogP contribution in [0.5, 0.6) is 0 Å². The van der Waals surface area contributed by atoms with E-state index in [4.69, 9.17) is 5.11 Å². The third-order valence-electron chi connectivity index (χ3n) is 1.57. The monoisotopic (exact) mass is 340 g/mol. The van der Waals surface area contributed by atoms with Gasteiger partial charge in [-0.2, -0.15) is 0 Å². The fourth-order valence-electron chi connectivity index (χ4n) is 0.884. The van der Waals surface area contributed by atoms with E-state index in [-0.39, 0.29) is 0 Å². The first-order valence-corrected chi connectivity index (χ1v) is 5.09. The molecule has 4 heteroatoms. The highest BCUT2D eigenvalue weighted by atomic mass is 127. The number of halogens is 2. The van der Waals surface area contributed by atoms with Crippen molar-refractivity contribution in [1.29, 1.82) is 0 Å². The number of carboxylic acid groups (broad SMARTS) is 1. The third-order valence-corrected chi connectivity index (χ3v) is 4.23. The molecule has 2 nitrogen and oxygen atoms in total. The van der Waals surface area contributed by atoms with Gasteiger partial charge in [-0.3, -0.25) is 0 Å². The minimum absolute atomic E-state index is 0.349. The summed E-state index contributed by atoms with van der Waals surface area (Å²) in [4.78, 5) is 10.7. The number of carbonyl (C=O) groups is 1. The molecule has 0 aliphatic rings. The molecule has 12 heavy (non-hydrogen) atoms. The normalized spacial score (nSPS) is 9.92. The van der Waals surface area contributed by atoms with Gasteiger partial charge in [-0.1, -0.05) is 0 Å². The Morgan fingerprint density at radius 2 is 2.17 bits per heavy atom. The third kappa shape index (κ3) is 1.80. The van der Waals surface area contributed by atoms with E-state index in [1.807, 2.05) is 0 Å².